The first-order valence-electron chi connectivity index (χ1n) is 3.69. The van der Waals surface area contributed by atoms with E-state index in [2.05, 4.69) is 11.2 Å². The predicted molar refractivity (Wildman–Crippen MR) is 47.0 cm³/mol. The Morgan fingerprint density at radius 3 is 2.62 bits per heavy atom. The average Bonchev–Trinajstić information content (AvgIpc) is 2.03. The van der Waals surface area contributed by atoms with Gasteiger partial charge in [-0.3, -0.25) is 9.59 Å². The van der Waals surface area contributed by atoms with Crippen molar-refractivity contribution in [1.82, 2.24) is 10.2 Å². The Labute approximate surface area is 76.7 Å². The third kappa shape index (κ3) is 4.82. The maximum Gasteiger partial charge on any atom is 0.323 e. The number of aliphatic carboxylic acids is 1. The summed E-state index contributed by atoms with van der Waals surface area (Å²) in [6.45, 7) is -0.244. The van der Waals surface area contributed by atoms with Crippen LogP contribution in [0.1, 0.15) is 0 Å². The number of nitrogens with zero attached hydrogens (tertiary/aromatic N) is 1. The molecule has 0 bridgehead atoms. The minimum Gasteiger partial charge on any atom is -0.480 e. The molecule has 0 saturated carbocycles. The van der Waals surface area contributed by atoms with Crippen molar-refractivity contribution in [1.29, 1.82) is 0 Å². The summed E-state index contributed by atoms with van der Waals surface area (Å²) in [4.78, 5) is 22.6. The highest BCUT2D eigenvalue weighted by Gasteiger charge is 2.14. The van der Waals surface area contributed by atoms with E-state index in [1.165, 1.54) is 0 Å². The zero-order valence-electron chi connectivity index (χ0n) is 7.41. The minimum absolute atomic E-state index is 0.0206. The Balaban J connectivity index is 4.16. The van der Waals surface area contributed by atoms with Gasteiger partial charge in [0.25, 0.3) is 0 Å². The molecule has 0 fully saturated rings. The van der Waals surface area contributed by atoms with Crippen molar-refractivity contribution in [3.8, 4) is 12.3 Å². The van der Waals surface area contributed by atoms with Gasteiger partial charge in [0.05, 0.1) is 13.1 Å². The van der Waals surface area contributed by atoms with Crippen LogP contribution in [0.3, 0.4) is 0 Å². The van der Waals surface area contributed by atoms with Crippen molar-refractivity contribution in [2.75, 3.05) is 26.7 Å². The molecule has 0 rings (SSSR count). The third-order valence-electron chi connectivity index (χ3n) is 1.29. The second-order valence-corrected chi connectivity index (χ2v) is 2.38. The summed E-state index contributed by atoms with van der Waals surface area (Å²) in [5.41, 5.74) is 0. The van der Waals surface area contributed by atoms with Gasteiger partial charge < -0.3 is 15.3 Å². The summed E-state index contributed by atoms with van der Waals surface area (Å²) in [6, 6.07) is 0. The zero-order valence-corrected chi connectivity index (χ0v) is 7.41. The van der Waals surface area contributed by atoms with Crippen molar-refractivity contribution in [2.24, 2.45) is 0 Å². The molecule has 5 nitrogen and oxygen atoms in total. The molecule has 5 heteroatoms. The van der Waals surface area contributed by atoms with Crippen LogP contribution in [0.15, 0.2) is 0 Å². The van der Waals surface area contributed by atoms with Crippen LogP contribution >= 0.6 is 0 Å². The molecule has 0 spiro atoms. The Kier molecular flexibility index (Phi) is 5.32. The number of carbonyl (C=O) groups is 2. The number of amides is 1. The van der Waals surface area contributed by atoms with Crippen LogP contribution in [-0.2, 0) is 9.59 Å². The van der Waals surface area contributed by atoms with E-state index in [-0.39, 0.29) is 25.5 Å². The number of carboxylic acids is 1. The maximum atomic E-state index is 11.2. The summed E-state index contributed by atoms with van der Waals surface area (Å²) in [7, 11) is 1.60. The van der Waals surface area contributed by atoms with Gasteiger partial charge in [0.15, 0.2) is 0 Å². The average molecular weight is 184 g/mol. The maximum absolute atomic E-state index is 11.2. The van der Waals surface area contributed by atoms with E-state index in [9.17, 15) is 9.59 Å². The van der Waals surface area contributed by atoms with Crippen LogP contribution in [0.2, 0.25) is 0 Å². The van der Waals surface area contributed by atoms with Crippen LogP contribution in [0.5, 0.6) is 0 Å². The fourth-order valence-electron chi connectivity index (χ4n) is 0.769. The van der Waals surface area contributed by atoms with E-state index in [1.54, 1.807) is 7.05 Å². The van der Waals surface area contributed by atoms with Gasteiger partial charge >= 0.3 is 5.97 Å². The Bertz CT molecular complexity index is 232. The van der Waals surface area contributed by atoms with Crippen LogP contribution < -0.4 is 5.32 Å². The monoisotopic (exact) mass is 184 g/mol. The molecule has 72 valence electrons. The highest BCUT2D eigenvalue weighted by atomic mass is 16.4. The molecule has 0 aliphatic carbocycles. The normalized spacial score (nSPS) is 8.92. The molecule has 0 aliphatic rings. The molecular weight excluding hydrogens is 172 g/mol. The molecule has 0 aromatic heterocycles. The Morgan fingerprint density at radius 1 is 1.62 bits per heavy atom. The number of carbonyl (C=O) groups excluding carboxylic acids is 1. The zero-order chi connectivity index (χ0) is 10.3. The SMILES string of the molecule is C#CCN(CC(=O)O)C(=O)CNC. The lowest BCUT2D eigenvalue weighted by Crippen LogP contribution is -2.40. The number of rotatable bonds is 5. The summed E-state index contributed by atoms with van der Waals surface area (Å²) in [5.74, 6) is 0.840. The van der Waals surface area contributed by atoms with Crippen molar-refractivity contribution in [3.63, 3.8) is 0 Å². The first-order valence-corrected chi connectivity index (χ1v) is 3.69. The molecule has 0 atom stereocenters. The molecule has 0 aromatic carbocycles. The van der Waals surface area contributed by atoms with Gasteiger partial charge in [-0.15, -0.1) is 6.42 Å². The molecule has 0 aliphatic heterocycles. The molecule has 2 N–H and O–H groups in total. The lowest BCUT2D eigenvalue weighted by molar-refractivity contribution is -0.143. The molecule has 0 aromatic rings. The van der Waals surface area contributed by atoms with E-state index in [0.29, 0.717) is 0 Å². The van der Waals surface area contributed by atoms with E-state index >= 15 is 0 Å². The van der Waals surface area contributed by atoms with Gasteiger partial charge in [-0.2, -0.15) is 0 Å². The molecule has 0 unspecified atom stereocenters. The predicted octanol–water partition coefficient (Wildman–Crippen LogP) is -1.25. The van der Waals surface area contributed by atoms with Gasteiger partial charge in [0.1, 0.15) is 6.54 Å². The number of hydrogen-bond donors (Lipinski definition) is 2. The summed E-state index contributed by atoms with van der Waals surface area (Å²) < 4.78 is 0. The second-order valence-electron chi connectivity index (χ2n) is 2.38. The van der Waals surface area contributed by atoms with E-state index in [4.69, 9.17) is 11.5 Å². The van der Waals surface area contributed by atoms with Gasteiger partial charge in [-0.25, -0.2) is 0 Å². The van der Waals surface area contributed by atoms with Gasteiger partial charge in [0, 0.05) is 0 Å². The molecular formula is C8H12N2O3. The largest absolute Gasteiger partial charge is 0.480 e. The third-order valence-corrected chi connectivity index (χ3v) is 1.29. The summed E-state index contributed by atoms with van der Waals surface area (Å²) in [6.07, 6.45) is 4.98. The van der Waals surface area contributed by atoms with Crippen molar-refractivity contribution in [2.45, 2.75) is 0 Å². The standard InChI is InChI=1S/C8H12N2O3/c1-3-4-10(6-8(12)13)7(11)5-9-2/h1,9H,4-6H2,2H3,(H,12,13). The first kappa shape index (κ1) is 11.5. The Morgan fingerprint density at radius 2 is 2.23 bits per heavy atom. The highest BCUT2D eigenvalue weighted by molar-refractivity contribution is 5.82. The van der Waals surface area contributed by atoms with Crippen LogP contribution in [0.25, 0.3) is 0 Å². The molecule has 0 saturated heterocycles. The topological polar surface area (TPSA) is 69.6 Å². The van der Waals surface area contributed by atoms with Gasteiger partial charge in [-0.05, 0) is 7.05 Å². The van der Waals surface area contributed by atoms with Crippen molar-refractivity contribution < 1.29 is 14.7 Å². The van der Waals surface area contributed by atoms with Crippen LogP contribution in [0.4, 0.5) is 0 Å². The van der Waals surface area contributed by atoms with E-state index in [0.717, 1.165) is 4.90 Å². The quantitative estimate of drug-likeness (QED) is 0.524. The van der Waals surface area contributed by atoms with Crippen molar-refractivity contribution >= 4 is 11.9 Å². The number of hydrogen-bond acceptors (Lipinski definition) is 3. The fourth-order valence-corrected chi connectivity index (χ4v) is 0.769. The second kappa shape index (κ2) is 6.03. The molecule has 0 heterocycles. The lowest BCUT2D eigenvalue weighted by atomic mass is 10.4. The highest BCUT2D eigenvalue weighted by Crippen LogP contribution is 1.88. The van der Waals surface area contributed by atoms with Crippen LogP contribution in [-0.4, -0.2) is 48.6 Å². The summed E-state index contributed by atoms with van der Waals surface area (Å²) in [5, 5.41) is 11.1. The molecule has 13 heavy (non-hydrogen) atoms. The van der Waals surface area contributed by atoms with Crippen LogP contribution in [0, 0.1) is 12.3 Å². The van der Waals surface area contributed by atoms with E-state index < -0.39 is 5.97 Å². The molecule has 1 amide bonds. The summed E-state index contributed by atoms with van der Waals surface area (Å²) >= 11 is 0. The Hall–Kier alpha value is -1.54. The number of terminal acetylenes is 1. The lowest BCUT2D eigenvalue weighted by Gasteiger charge is -2.17. The number of carboxylic acid groups (broad SMARTS) is 1. The first-order chi connectivity index (χ1) is 6.11. The van der Waals surface area contributed by atoms with Gasteiger partial charge in [0.2, 0.25) is 5.91 Å². The fraction of sp³-hybridized carbons (Fsp3) is 0.500. The van der Waals surface area contributed by atoms with E-state index in [1.807, 2.05) is 0 Å². The smallest absolute Gasteiger partial charge is 0.323 e. The molecule has 0 radical (unpaired) electrons. The minimum atomic E-state index is -1.07. The number of likely N-dealkylation sites (N-methyl/N-ethyl adjacent to an activating group) is 1. The van der Waals surface area contributed by atoms with Crippen molar-refractivity contribution in [3.05, 3.63) is 0 Å². The van der Waals surface area contributed by atoms with Gasteiger partial charge in [-0.1, -0.05) is 5.92 Å². The number of nitrogens with one attached hydrogen (secondary N) is 1.